The summed E-state index contributed by atoms with van der Waals surface area (Å²) >= 11 is 0. The number of hydrogen-bond donors (Lipinski definition) is 4. The Labute approximate surface area is 112 Å². The standard InChI is InChI=1S/2C7H16O2/c2*1-3-4-7(9)5-6(2)8/h2*6-9H,3-5H2,1-2H3. The molecule has 0 aromatic rings. The van der Waals surface area contributed by atoms with Gasteiger partial charge in [-0.15, -0.1) is 0 Å². The molecule has 4 unspecified atom stereocenters. The lowest BCUT2D eigenvalue weighted by atomic mass is 10.1. The van der Waals surface area contributed by atoms with Gasteiger partial charge < -0.3 is 20.4 Å². The van der Waals surface area contributed by atoms with Crippen molar-refractivity contribution in [3.05, 3.63) is 0 Å². The van der Waals surface area contributed by atoms with Crippen LogP contribution in [0.5, 0.6) is 0 Å². The van der Waals surface area contributed by atoms with Crippen molar-refractivity contribution >= 4 is 0 Å². The van der Waals surface area contributed by atoms with Gasteiger partial charge in [0.2, 0.25) is 0 Å². The Morgan fingerprint density at radius 1 is 0.667 bits per heavy atom. The summed E-state index contributed by atoms with van der Waals surface area (Å²) in [4.78, 5) is 0. The van der Waals surface area contributed by atoms with E-state index in [1.54, 1.807) is 13.8 Å². The second kappa shape index (κ2) is 13.3. The molecule has 112 valence electrons. The van der Waals surface area contributed by atoms with Crippen LogP contribution in [0.4, 0.5) is 0 Å². The first-order chi connectivity index (χ1) is 8.33. The average molecular weight is 264 g/mol. The van der Waals surface area contributed by atoms with E-state index in [4.69, 9.17) is 20.4 Å². The molecule has 0 rings (SSSR count). The molecule has 0 bridgehead atoms. The van der Waals surface area contributed by atoms with E-state index in [-0.39, 0.29) is 24.4 Å². The molecule has 0 aliphatic heterocycles. The molecule has 0 radical (unpaired) electrons. The second-order valence-electron chi connectivity index (χ2n) is 5.05. The molecule has 0 aromatic heterocycles. The molecule has 4 heteroatoms. The third-order valence-corrected chi connectivity index (χ3v) is 2.47. The largest absolute Gasteiger partial charge is 0.393 e. The van der Waals surface area contributed by atoms with Crippen LogP contribution in [-0.4, -0.2) is 44.8 Å². The Hall–Kier alpha value is -0.160. The normalized spacial score (nSPS) is 17.3. The van der Waals surface area contributed by atoms with E-state index in [1.165, 1.54) is 0 Å². The maximum absolute atomic E-state index is 9.06. The molecule has 0 saturated heterocycles. The maximum Gasteiger partial charge on any atom is 0.0564 e. The van der Waals surface area contributed by atoms with Crippen molar-refractivity contribution < 1.29 is 20.4 Å². The van der Waals surface area contributed by atoms with Gasteiger partial charge in [0.1, 0.15) is 0 Å². The van der Waals surface area contributed by atoms with Crippen LogP contribution in [0.3, 0.4) is 0 Å². The van der Waals surface area contributed by atoms with Gasteiger partial charge in [-0.05, 0) is 39.5 Å². The van der Waals surface area contributed by atoms with Crippen LogP contribution >= 0.6 is 0 Å². The first-order valence-corrected chi connectivity index (χ1v) is 7.05. The highest BCUT2D eigenvalue weighted by atomic mass is 16.3. The molecular weight excluding hydrogens is 232 g/mol. The van der Waals surface area contributed by atoms with Gasteiger partial charge in [-0.2, -0.15) is 0 Å². The van der Waals surface area contributed by atoms with E-state index in [9.17, 15) is 0 Å². The van der Waals surface area contributed by atoms with Gasteiger partial charge >= 0.3 is 0 Å². The Morgan fingerprint density at radius 3 is 1.11 bits per heavy atom. The highest BCUT2D eigenvalue weighted by molar-refractivity contribution is 4.58. The molecular formula is C14H32O4. The van der Waals surface area contributed by atoms with E-state index in [0.29, 0.717) is 12.8 Å². The first-order valence-electron chi connectivity index (χ1n) is 7.05. The van der Waals surface area contributed by atoms with Crippen LogP contribution < -0.4 is 0 Å². The number of hydrogen-bond acceptors (Lipinski definition) is 4. The summed E-state index contributed by atoms with van der Waals surface area (Å²) in [5.74, 6) is 0. The quantitative estimate of drug-likeness (QED) is 0.539. The highest BCUT2D eigenvalue weighted by Gasteiger charge is 2.05. The molecule has 4 atom stereocenters. The summed E-state index contributed by atoms with van der Waals surface area (Å²) in [6, 6.07) is 0. The first kappa shape index (κ1) is 20.2. The predicted molar refractivity (Wildman–Crippen MR) is 74.4 cm³/mol. The monoisotopic (exact) mass is 264 g/mol. The minimum absolute atomic E-state index is 0.310. The molecule has 0 fully saturated rings. The van der Waals surface area contributed by atoms with Crippen molar-refractivity contribution in [1.29, 1.82) is 0 Å². The van der Waals surface area contributed by atoms with E-state index in [2.05, 4.69) is 0 Å². The van der Waals surface area contributed by atoms with Gasteiger partial charge in [0.15, 0.2) is 0 Å². The smallest absolute Gasteiger partial charge is 0.0564 e. The fourth-order valence-corrected chi connectivity index (χ4v) is 1.69. The van der Waals surface area contributed by atoms with Crippen molar-refractivity contribution in [2.75, 3.05) is 0 Å². The van der Waals surface area contributed by atoms with E-state index < -0.39 is 0 Å². The third kappa shape index (κ3) is 18.2. The molecule has 0 saturated carbocycles. The summed E-state index contributed by atoms with van der Waals surface area (Å²) < 4.78 is 0. The van der Waals surface area contributed by atoms with Crippen LogP contribution in [-0.2, 0) is 0 Å². The molecule has 0 aromatic carbocycles. The van der Waals surface area contributed by atoms with Crippen molar-refractivity contribution in [3.63, 3.8) is 0 Å². The Kier molecular flexibility index (Phi) is 14.9. The zero-order valence-corrected chi connectivity index (χ0v) is 12.3. The molecule has 4 N–H and O–H groups in total. The van der Waals surface area contributed by atoms with E-state index >= 15 is 0 Å². The van der Waals surface area contributed by atoms with Gasteiger partial charge in [0, 0.05) is 0 Å². The van der Waals surface area contributed by atoms with Crippen LogP contribution in [0.25, 0.3) is 0 Å². The lowest BCUT2D eigenvalue weighted by Crippen LogP contribution is -2.14. The Morgan fingerprint density at radius 2 is 0.944 bits per heavy atom. The number of aliphatic hydroxyl groups is 4. The van der Waals surface area contributed by atoms with Crippen LogP contribution in [0, 0.1) is 0 Å². The van der Waals surface area contributed by atoms with Crippen molar-refractivity contribution in [1.82, 2.24) is 0 Å². The Bertz CT molecular complexity index is 142. The molecule has 0 aliphatic rings. The molecule has 4 nitrogen and oxygen atoms in total. The SMILES string of the molecule is CCCC(O)CC(C)O.CCCC(O)CC(C)O. The molecule has 0 spiro atoms. The van der Waals surface area contributed by atoms with Gasteiger partial charge in [-0.1, -0.05) is 26.7 Å². The summed E-state index contributed by atoms with van der Waals surface area (Å²) in [6.45, 7) is 7.42. The zero-order chi connectivity index (χ0) is 14.6. The minimum Gasteiger partial charge on any atom is -0.393 e. The highest BCUT2D eigenvalue weighted by Crippen LogP contribution is 2.04. The van der Waals surface area contributed by atoms with Gasteiger partial charge in [0.05, 0.1) is 24.4 Å². The second-order valence-corrected chi connectivity index (χ2v) is 5.05. The minimum atomic E-state index is -0.369. The van der Waals surface area contributed by atoms with Gasteiger partial charge in [-0.25, -0.2) is 0 Å². The molecule has 0 amide bonds. The van der Waals surface area contributed by atoms with E-state index in [0.717, 1.165) is 25.7 Å². The lowest BCUT2D eigenvalue weighted by molar-refractivity contribution is 0.0840. The summed E-state index contributed by atoms with van der Waals surface area (Å²) in [5.41, 5.74) is 0. The number of rotatable bonds is 8. The van der Waals surface area contributed by atoms with Crippen LogP contribution in [0.2, 0.25) is 0 Å². The zero-order valence-electron chi connectivity index (χ0n) is 12.3. The van der Waals surface area contributed by atoms with Gasteiger partial charge in [0.25, 0.3) is 0 Å². The fraction of sp³-hybridized carbons (Fsp3) is 1.00. The average Bonchev–Trinajstić information content (AvgIpc) is 2.16. The summed E-state index contributed by atoms with van der Waals surface area (Å²) in [7, 11) is 0. The Balaban J connectivity index is 0. The summed E-state index contributed by atoms with van der Waals surface area (Å²) in [5, 5.41) is 35.7. The van der Waals surface area contributed by atoms with Gasteiger partial charge in [-0.3, -0.25) is 0 Å². The van der Waals surface area contributed by atoms with Crippen molar-refractivity contribution in [2.24, 2.45) is 0 Å². The number of aliphatic hydroxyl groups excluding tert-OH is 4. The maximum atomic E-state index is 9.06. The summed E-state index contributed by atoms with van der Waals surface area (Å²) in [6.07, 6.45) is 3.21. The van der Waals surface area contributed by atoms with Crippen LogP contribution in [0.1, 0.15) is 66.2 Å². The van der Waals surface area contributed by atoms with E-state index in [1.807, 2.05) is 13.8 Å². The molecule has 0 aliphatic carbocycles. The van der Waals surface area contributed by atoms with Crippen molar-refractivity contribution in [2.45, 2.75) is 90.6 Å². The third-order valence-electron chi connectivity index (χ3n) is 2.47. The topological polar surface area (TPSA) is 80.9 Å². The van der Waals surface area contributed by atoms with Crippen LogP contribution in [0.15, 0.2) is 0 Å². The predicted octanol–water partition coefficient (Wildman–Crippen LogP) is 1.84. The molecule has 18 heavy (non-hydrogen) atoms. The fourth-order valence-electron chi connectivity index (χ4n) is 1.69. The lowest BCUT2D eigenvalue weighted by Gasteiger charge is -2.09. The van der Waals surface area contributed by atoms with Crippen molar-refractivity contribution in [3.8, 4) is 0 Å². The molecule has 0 heterocycles.